The number of aryl methyl sites for hydroxylation is 1. The molecule has 1 aliphatic rings. The molecule has 24 heavy (non-hydrogen) atoms. The van der Waals surface area contributed by atoms with Gasteiger partial charge in [-0.15, -0.1) is 11.3 Å². The highest BCUT2D eigenvalue weighted by molar-refractivity contribution is 7.13. The van der Waals surface area contributed by atoms with E-state index >= 15 is 0 Å². The molecule has 0 spiro atoms. The van der Waals surface area contributed by atoms with Gasteiger partial charge in [-0.3, -0.25) is 4.79 Å². The minimum atomic E-state index is 0.219. The standard InChI is InChI=1S/C17H24N4O2S/c1-12(18)13-7-9-21(10-8-13)16(22)6-2-5-15-19-17(20-23-15)14-4-3-11-24-14/h3-4,11-13H,2,5-10,18H2,1H3. The van der Waals surface area contributed by atoms with Gasteiger partial charge in [-0.1, -0.05) is 11.2 Å². The van der Waals surface area contributed by atoms with Crippen LogP contribution >= 0.6 is 11.3 Å². The van der Waals surface area contributed by atoms with Gasteiger partial charge in [-0.05, 0) is 43.6 Å². The van der Waals surface area contributed by atoms with Crippen LogP contribution in [0.25, 0.3) is 10.7 Å². The summed E-state index contributed by atoms with van der Waals surface area (Å²) in [4.78, 5) is 19.6. The van der Waals surface area contributed by atoms with Gasteiger partial charge in [0.05, 0.1) is 4.88 Å². The average molecular weight is 348 g/mol. The number of amides is 1. The van der Waals surface area contributed by atoms with Crippen LogP contribution in [0.5, 0.6) is 0 Å². The van der Waals surface area contributed by atoms with Crippen molar-refractivity contribution < 1.29 is 9.32 Å². The maximum absolute atomic E-state index is 12.3. The molecule has 0 bridgehead atoms. The maximum atomic E-state index is 12.3. The molecule has 3 heterocycles. The topological polar surface area (TPSA) is 85.2 Å². The molecule has 0 aliphatic carbocycles. The summed E-state index contributed by atoms with van der Waals surface area (Å²) >= 11 is 1.58. The van der Waals surface area contributed by atoms with Crippen LogP contribution in [0.3, 0.4) is 0 Å². The minimum absolute atomic E-state index is 0.219. The van der Waals surface area contributed by atoms with Crippen LogP contribution in [0, 0.1) is 5.92 Å². The van der Waals surface area contributed by atoms with Gasteiger partial charge >= 0.3 is 0 Å². The van der Waals surface area contributed by atoms with E-state index < -0.39 is 0 Å². The van der Waals surface area contributed by atoms with E-state index in [0.717, 1.165) is 37.2 Å². The molecule has 1 fully saturated rings. The molecule has 1 saturated heterocycles. The van der Waals surface area contributed by atoms with E-state index in [2.05, 4.69) is 17.1 Å². The zero-order valence-corrected chi connectivity index (χ0v) is 14.8. The lowest BCUT2D eigenvalue weighted by Crippen LogP contribution is -2.42. The van der Waals surface area contributed by atoms with E-state index in [-0.39, 0.29) is 11.9 Å². The van der Waals surface area contributed by atoms with Crippen LogP contribution in [0.2, 0.25) is 0 Å². The highest BCUT2D eigenvalue weighted by Crippen LogP contribution is 2.22. The van der Waals surface area contributed by atoms with Gasteiger partial charge in [0.1, 0.15) is 0 Å². The predicted octanol–water partition coefficient (Wildman–Crippen LogP) is 2.71. The van der Waals surface area contributed by atoms with E-state index in [4.69, 9.17) is 10.3 Å². The van der Waals surface area contributed by atoms with Crippen LogP contribution in [0.1, 0.15) is 38.5 Å². The van der Waals surface area contributed by atoms with Crippen molar-refractivity contribution in [1.82, 2.24) is 15.0 Å². The van der Waals surface area contributed by atoms with E-state index in [1.165, 1.54) is 0 Å². The van der Waals surface area contributed by atoms with Gasteiger partial charge in [-0.25, -0.2) is 0 Å². The van der Waals surface area contributed by atoms with Crippen LogP contribution in [0.15, 0.2) is 22.0 Å². The van der Waals surface area contributed by atoms with E-state index in [9.17, 15) is 4.79 Å². The Morgan fingerprint density at radius 1 is 1.50 bits per heavy atom. The van der Waals surface area contributed by atoms with Gasteiger partial charge < -0.3 is 15.2 Å². The Labute approximate surface area is 146 Å². The van der Waals surface area contributed by atoms with Crippen molar-refractivity contribution in [3.63, 3.8) is 0 Å². The van der Waals surface area contributed by atoms with Crippen molar-refractivity contribution in [2.45, 2.75) is 45.1 Å². The normalized spacial score (nSPS) is 17.2. The molecule has 1 unspecified atom stereocenters. The summed E-state index contributed by atoms with van der Waals surface area (Å²) in [5, 5.41) is 5.97. The minimum Gasteiger partial charge on any atom is -0.343 e. The molecule has 2 aromatic rings. The van der Waals surface area contributed by atoms with Crippen molar-refractivity contribution in [2.75, 3.05) is 13.1 Å². The van der Waals surface area contributed by atoms with Crippen LogP contribution < -0.4 is 5.73 Å². The Morgan fingerprint density at radius 3 is 2.96 bits per heavy atom. The highest BCUT2D eigenvalue weighted by Gasteiger charge is 2.24. The number of nitrogens with two attached hydrogens (primary N) is 1. The predicted molar refractivity (Wildman–Crippen MR) is 93.5 cm³/mol. The monoisotopic (exact) mass is 348 g/mol. The second kappa shape index (κ2) is 7.90. The summed E-state index contributed by atoms with van der Waals surface area (Å²) in [5.41, 5.74) is 5.94. The van der Waals surface area contributed by atoms with Gasteiger partial charge in [0.15, 0.2) is 0 Å². The Balaban J connectivity index is 1.41. The van der Waals surface area contributed by atoms with Crippen molar-refractivity contribution in [3.05, 3.63) is 23.4 Å². The number of rotatable bonds is 6. The molecule has 2 N–H and O–H groups in total. The van der Waals surface area contributed by atoms with Crippen molar-refractivity contribution >= 4 is 17.2 Å². The summed E-state index contributed by atoms with van der Waals surface area (Å²) in [7, 11) is 0. The number of likely N-dealkylation sites (tertiary alicyclic amines) is 1. The molecule has 2 aromatic heterocycles. The fourth-order valence-electron chi connectivity index (χ4n) is 3.09. The van der Waals surface area contributed by atoms with Crippen molar-refractivity contribution in [2.24, 2.45) is 11.7 Å². The number of hydrogen-bond donors (Lipinski definition) is 1. The molecule has 6 nitrogen and oxygen atoms in total. The number of aromatic nitrogens is 2. The third-order valence-corrected chi connectivity index (χ3v) is 5.49. The molecule has 7 heteroatoms. The smallest absolute Gasteiger partial charge is 0.226 e. The van der Waals surface area contributed by atoms with Gasteiger partial charge in [0.2, 0.25) is 17.6 Å². The summed E-state index contributed by atoms with van der Waals surface area (Å²) in [6, 6.07) is 4.15. The zero-order chi connectivity index (χ0) is 16.9. The number of hydrogen-bond acceptors (Lipinski definition) is 6. The molecule has 0 radical (unpaired) electrons. The van der Waals surface area contributed by atoms with Crippen molar-refractivity contribution in [1.29, 1.82) is 0 Å². The van der Waals surface area contributed by atoms with E-state index in [0.29, 0.717) is 30.5 Å². The molecule has 130 valence electrons. The van der Waals surface area contributed by atoms with Crippen LogP contribution in [0.4, 0.5) is 0 Å². The van der Waals surface area contributed by atoms with E-state index in [1.807, 2.05) is 22.4 Å². The Hall–Kier alpha value is -1.73. The third kappa shape index (κ3) is 4.21. The molecular weight excluding hydrogens is 324 g/mol. The summed E-state index contributed by atoms with van der Waals surface area (Å²) in [6.07, 6.45) is 3.92. The van der Waals surface area contributed by atoms with Crippen molar-refractivity contribution in [3.8, 4) is 10.7 Å². The fourth-order valence-corrected chi connectivity index (χ4v) is 3.74. The summed E-state index contributed by atoms with van der Waals surface area (Å²) in [5.74, 6) is 1.99. The molecule has 0 saturated carbocycles. The first-order chi connectivity index (χ1) is 11.6. The summed E-state index contributed by atoms with van der Waals surface area (Å²) < 4.78 is 5.26. The number of nitrogens with zero attached hydrogens (tertiary/aromatic N) is 3. The number of carbonyl (C=O) groups is 1. The van der Waals surface area contributed by atoms with Crippen LogP contribution in [-0.2, 0) is 11.2 Å². The Kier molecular flexibility index (Phi) is 5.63. The van der Waals surface area contributed by atoms with Gasteiger partial charge in [-0.2, -0.15) is 4.98 Å². The van der Waals surface area contributed by atoms with Gasteiger partial charge in [0, 0.05) is 32.0 Å². The largest absolute Gasteiger partial charge is 0.343 e. The first-order valence-electron chi connectivity index (χ1n) is 8.53. The first kappa shape index (κ1) is 17.1. The molecule has 1 aliphatic heterocycles. The third-order valence-electron chi connectivity index (χ3n) is 4.63. The number of thiophene rings is 1. The van der Waals surface area contributed by atoms with Crippen LogP contribution in [-0.4, -0.2) is 40.1 Å². The van der Waals surface area contributed by atoms with Gasteiger partial charge in [0.25, 0.3) is 0 Å². The second-order valence-corrected chi connectivity index (χ2v) is 7.37. The number of carbonyl (C=O) groups excluding carboxylic acids is 1. The zero-order valence-electron chi connectivity index (χ0n) is 14.0. The molecule has 3 rings (SSSR count). The molecular formula is C17H24N4O2S. The molecule has 1 amide bonds. The second-order valence-electron chi connectivity index (χ2n) is 6.42. The Morgan fingerprint density at radius 2 is 2.29 bits per heavy atom. The quantitative estimate of drug-likeness (QED) is 0.867. The first-order valence-corrected chi connectivity index (χ1v) is 9.41. The molecule has 1 atom stereocenters. The lowest BCUT2D eigenvalue weighted by atomic mass is 9.91. The van der Waals surface area contributed by atoms with E-state index in [1.54, 1.807) is 11.3 Å². The molecule has 0 aromatic carbocycles. The Bertz CT molecular complexity index is 645. The average Bonchev–Trinajstić information content (AvgIpc) is 3.26. The number of piperidine rings is 1. The summed E-state index contributed by atoms with van der Waals surface area (Å²) in [6.45, 7) is 3.71. The maximum Gasteiger partial charge on any atom is 0.226 e. The lowest BCUT2D eigenvalue weighted by Gasteiger charge is -2.33. The lowest BCUT2D eigenvalue weighted by molar-refractivity contribution is -0.132. The highest BCUT2D eigenvalue weighted by atomic mass is 32.1. The fraction of sp³-hybridized carbons (Fsp3) is 0.588. The SMILES string of the molecule is CC(N)C1CCN(C(=O)CCCc2nc(-c3cccs3)no2)CC1.